The minimum atomic E-state index is -0.258. The Balaban J connectivity index is 1.69. The predicted octanol–water partition coefficient (Wildman–Crippen LogP) is 4.16. The highest BCUT2D eigenvalue weighted by atomic mass is 19.1. The quantitative estimate of drug-likeness (QED) is 0.722. The van der Waals surface area contributed by atoms with Crippen molar-refractivity contribution in [1.29, 1.82) is 0 Å². The summed E-state index contributed by atoms with van der Waals surface area (Å²) in [5.74, 6) is 0.886. The zero-order valence-corrected chi connectivity index (χ0v) is 16.6. The van der Waals surface area contributed by atoms with Crippen molar-refractivity contribution in [1.82, 2.24) is 14.6 Å². The van der Waals surface area contributed by atoms with E-state index in [1.54, 1.807) is 6.07 Å². The fourth-order valence-electron chi connectivity index (χ4n) is 4.94. The largest absolute Gasteiger partial charge is 0.396 e. The maximum Gasteiger partial charge on any atom is 0.158 e. The first-order valence-electron chi connectivity index (χ1n) is 10.8. The molecule has 0 saturated carbocycles. The van der Waals surface area contributed by atoms with Gasteiger partial charge in [0.1, 0.15) is 11.6 Å². The molecule has 29 heavy (non-hydrogen) atoms. The Morgan fingerprint density at radius 1 is 1.10 bits per heavy atom. The monoisotopic (exact) mass is 394 g/mol. The van der Waals surface area contributed by atoms with Crippen LogP contribution in [0.5, 0.6) is 0 Å². The molecule has 5 nitrogen and oxygen atoms in total. The van der Waals surface area contributed by atoms with Crippen LogP contribution in [0.2, 0.25) is 0 Å². The summed E-state index contributed by atoms with van der Waals surface area (Å²) >= 11 is 0. The number of hydrogen-bond donors (Lipinski definition) is 1. The van der Waals surface area contributed by atoms with E-state index < -0.39 is 0 Å². The molecule has 1 fully saturated rings. The molecule has 1 aliphatic heterocycles. The number of hydrogen-bond acceptors (Lipinski definition) is 4. The van der Waals surface area contributed by atoms with E-state index in [1.807, 2.05) is 16.6 Å². The number of benzene rings is 1. The molecule has 1 unspecified atom stereocenters. The first kappa shape index (κ1) is 18.6. The van der Waals surface area contributed by atoms with Gasteiger partial charge in [0.05, 0.1) is 5.69 Å². The second-order valence-electron chi connectivity index (χ2n) is 8.23. The average molecular weight is 394 g/mol. The van der Waals surface area contributed by atoms with Crippen molar-refractivity contribution < 1.29 is 9.50 Å². The molecule has 1 N–H and O–H groups in total. The Kier molecular flexibility index (Phi) is 4.96. The van der Waals surface area contributed by atoms with Crippen molar-refractivity contribution in [2.45, 2.75) is 57.4 Å². The fourth-order valence-corrected chi connectivity index (χ4v) is 4.94. The van der Waals surface area contributed by atoms with Crippen LogP contribution in [0.15, 0.2) is 30.3 Å². The normalized spacial score (nSPS) is 19.5. The maximum atomic E-state index is 13.8. The standard InChI is InChI=1S/C23H27FN4O/c24-17-7-5-6-16(14-17)21-15-22-25-20-10-2-1-9-19(20)23(28(22)26-21)27-12-4-3-8-18(27)11-13-29/h5-7,14-15,18,29H,1-4,8-13H2. The van der Waals surface area contributed by atoms with Gasteiger partial charge in [0.15, 0.2) is 5.65 Å². The second-order valence-corrected chi connectivity index (χ2v) is 8.23. The third-order valence-corrected chi connectivity index (χ3v) is 6.33. The molecule has 0 amide bonds. The number of aromatic nitrogens is 3. The van der Waals surface area contributed by atoms with Crippen molar-refractivity contribution in [3.8, 4) is 11.3 Å². The Bertz CT molecular complexity index is 1030. The number of aryl methyl sites for hydroxylation is 1. The number of anilines is 1. The molecular weight excluding hydrogens is 367 g/mol. The Morgan fingerprint density at radius 3 is 2.86 bits per heavy atom. The third kappa shape index (κ3) is 3.39. The highest BCUT2D eigenvalue weighted by Crippen LogP contribution is 2.35. The van der Waals surface area contributed by atoms with Gasteiger partial charge in [-0.05, 0) is 63.5 Å². The van der Waals surface area contributed by atoms with Gasteiger partial charge < -0.3 is 10.0 Å². The number of fused-ring (bicyclic) bond motifs is 2. The zero-order valence-electron chi connectivity index (χ0n) is 16.6. The summed E-state index contributed by atoms with van der Waals surface area (Å²) in [4.78, 5) is 7.40. The minimum absolute atomic E-state index is 0.200. The van der Waals surface area contributed by atoms with Crippen molar-refractivity contribution >= 4 is 11.5 Å². The molecule has 3 heterocycles. The van der Waals surface area contributed by atoms with Crippen LogP contribution in [0.1, 0.15) is 49.8 Å². The summed E-state index contributed by atoms with van der Waals surface area (Å²) < 4.78 is 15.8. The van der Waals surface area contributed by atoms with Crippen LogP contribution in [-0.4, -0.2) is 38.9 Å². The first-order valence-corrected chi connectivity index (χ1v) is 10.8. The van der Waals surface area contributed by atoms with Gasteiger partial charge in [-0.3, -0.25) is 0 Å². The molecule has 1 atom stereocenters. The summed E-state index contributed by atoms with van der Waals surface area (Å²) in [6, 6.07) is 8.88. The zero-order chi connectivity index (χ0) is 19.8. The van der Waals surface area contributed by atoms with Crippen LogP contribution < -0.4 is 4.90 Å². The van der Waals surface area contributed by atoms with E-state index in [9.17, 15) is 9.50 Å². The van der Waals surface area contributed by atoms with Crippen LogP contribution in [0, 0.1) is 5.82 Å². The molecule has 2 aliphatic rings. The van der Waals surface area contributed by atoms with Crippen molar-refractivity contribution in [2.24, 2.45) is 0 Å². The molecular formula is C23H27FN4O. The lowest BCUT2D eigenvalue weighted by molar-refractivity contribution is 0.261. The van der Waals surface area contributed by atoms with Crippen molar-refractivity contribution in [3.05, 3.63) is 47.4 Å². The molecule has 1 aliphatic carbocycles. The van der Waals surface area contributed by atoms with E-state index in [0.717, 1.165) is 61.4 Å². The number of nitrogens with zero attached hydrogens (tertiary/aromatic N) is 4. The second kappa shape index (κ2) is 7.75. The van der Waals surface area contributed by atoms with E-state index in [4.69, 9.17) is 10.1 Å². The fraction of sp³-hybridized carbons (Fsp3) is 0.478. The number of aliphatic hydroxyl groups excluding tert-OH is 1. The molecule has 6 heteroatoms. The third-order valence-electron chi connectivity index (χ3n) is 6.33. The molecule has 0 bridgehead atoms. The molecule has 0 spiro atoms. The molecule has 0 radical (unpaired) electrons. The summed E-state index contributed by atoms with van der Waals surface area (Å²) in [6.45, 7) is 1.18. The lowest BCUT2D eigenvalue weighted by Crippen LogP contribution is -2.42. The summed E-state index contributed by atoms with van der Waals surface area (Å²) in [5, 5.41) is 14.5. The van der Waals surface area contributed by atoms with Gasteiger partial charge in [0.25, 0.3) is 0 Å². The number of aliphatic hydroxyl groups is 1. The molecule has 1 aromatic carbocycles. The van der Waals surface area contributed by atoms with Gasteiger partial charge in [-0.25, -0.2) is 9.37 Å². The first-order chi connectivity index (χ1) is 14.2. The number of halogens is 1. The van der Waals surface area contributed by atoms with Gasteiger partial charge in [0, 0.05) is 42.1 Å². The Labute approximate surface area is 170 Å². The van der Waals surface area contributed by atoms with Crippen LogP contribution in [0.3, 0.4) is 0 Å². The average Bonchev–Trinajstić information content (AvgIpc) is 3.16. The summed E-state index contributed by atoms with van der Waals surface area (Å²) in [7, 11) is 0. The SMILES string of the molecule is OCCC1CCCCN1c1c2c(nc3cc(-c4cccc(F)c4)nn13)CCCC2. The highest BCUT2D eigenvalue weighted by molar-refractivity contribution is 5.67. The Hall–Kier alpha value is -2.47. The lowest BCUT2D eigenvalue weighted by Gasteiger charge is -2.39. The maximum absolute atomic E-state index is 13.8. The van der Waals surface area contributed by atoms with E-state index in [2.05, 4.69) is 4.90 Å². The topological polar surface area (TPSA) is 53.7 Å². The van der Waals surface area contributed by atoms with Gasteiger partial charge >= 0.3 is 0 Å². The lowest BCUT2D eigenvalue weighted by atomic mass is 9.93. The van der Waals surface area contributed by atoms with E-state index >= 15 is 0 Å². The van der Waals surface area contributed by atoms with Crippen LogP contribution >= 0.6 is 0 Å². The molecule has 152 valence electrons. The van der Waals surface area contributed by atoms with Gasteiger partial charge in [-0.1, -0.05) is 12.1 Å². The van der Waals surface area contributed by atoms with E-state index in [-0.39, 0.29) is 12.4 Å². The summed E-state index contributed by atoms with van der Waals surface area (Å²) in [6.07, 6.45) is 8.57. The predicted molar refractivity (Wildman–Crippen MR) is 112 cm³/mol. The smallest absolute Gasteiger partial charge is 0.158 e. The van der Waals surface area contributed by atoms with Crippen molar-refractivity contribution in [3.63, 3.8) is 0 Å². The van der Waals surface area contributed by atoms with E-state index in [1.165, 1.54) is 42.7 Å². The molecule has 1 saturated heterocycles. The van der Waals surface area contributed by atoms with Crippen LogP contribution in [0.25, 0.3) is 16.9 Å². The number of rotatable bonds is 4. The molecule has 2 aromatic heterocycles. The van der Waals surface area contributed by atoms with Crippen LogP contribution in [0.4, 0.5) is 10.2 Å². The van der Waals surface area contributed by atoms with Gasteiger partial charge in [-0.15, -0.1) is 0 Å². The summed E-state index contributed by atoms with van der Waals surface area (Å²) in [5.41, 5.74) is 4.83. The molecule has 5 rings (SSSR count). The van der Waals surface area contributed by atoms with Gasteiger partial charge in [-0.2, -0.15) is 9.61 Å². The van der Waals surface area contributed by atoms with Crippen LogP contribution in [-0.2, 0) is 12.8 Å². The van der Waals surface area contributed by atoms with E-state index in [0.29, 0.717) is 6.04 Å². The molecule has 3 aromatic rings. The Morgan fingerprint density at radius 2 is 2.00 bits per heavy atom. The highest BCUT2D eigenvalue weighted by Gasteiger charge is 2.29. The van der Waals surface area contributed by atoms with Gasteiger partial charge in [0.2, 0.25) is 0 Å². The minimum Gasteiger partial charge on any atom is -0.396 e. The number of piperidine rings is 1. The van der Waals surface area contributed by atoms with Crippen molar-refractivity contribution in [2.75, 3.05) is 18.1 Å².